The highest BCUT2D eigenvalue weighted by molar-refractivity contribution is 5.80. The van der Waals surface area contributed by atoms with Gasteiger partial charge >= 0.3 is 0 Å². The average Bonchev–Trinajstić information content (AvgIpc) is 3.21. The fourth-order valence-corrected chi connectivity index (χ4v) is 5.04. The first-order chi connectivity index (χ1) is 17.1. The molecule has 0 bridgehead atoms. The molecule has 1 aliphatic heterocycles. The van der Waals surface area contributed by atoms with Crippen molar-refractivity contribution in [1.82, 2.24) is 0 Å². The predicted octanol–water partition coefficient (Wildman–Crippen LogP) is 6.77. The van der Waals surface area contributed by atoms with E-state index in [1.54, 1.807) is 6.20 Å². The Kier molecular flexibility index (Phi) is 19.7. The molecule has 202 valence electrons. The number of hydrogen-bond acceptors (Lipinski definition) is 4. The molecule has 0 amide bonds. The van der Waals surface area contributed by atoms with Crippen LogP contribution in [0.5, 0.6) is 0 Å². The van der Waals surface area contributed by atoms with Crippen LogP contribution in [-0.4, -0.2) is 35.9 Å². The molecule has 2 N–H and O–H groups in total. The number of aliphatic imine (C=N–C) groups is 1. The van der Waals surface area contributed by atoms with Crippen LogP contribution in [0.15, 0.2) is 29.5 Å². The van der Waals surface area contributed by atoms with Crippen LogP contribution in [0.2, 0.25) is 0 Å². The maximum absolute atomic E-state index is 11.2. The standard InChI is InChI=1S/C30H55N3O2/c1-2-3-4-5-6-7-8-9-10-11-12-13-14-15-16-17-18-19-20-21-22-23-29-32-25-27-33(29,26-24-31)28-30(34)35/h13-14,25,27H,2-12,15-24,26,28,31H2,1H3/b14-13+. The first-order valence-electron chi connectivity index (χ1n) is 14.8. The number of carboxylic acids is 1. The van der Waals surface area contributed by atoms with E-state index < -0.39 is 5.97 Å². The van der Waals surface area contributed by atoms with Crippen LogP contribution in [0.4, 0.5) is 0 Å². The summed E-state index contributed by atoms with van der Waals surface area (Å²) in [5.41, 5.74) is 5.72. The van der Waals surface area contributed by atoms with Crippen molar-refractivity contribution < 1.29 is 14.4 Å². The maximum atomic E-state index is 11.2. The minimum absolute atomic E-state index is 0.0692. The van der Waals surface area contributed by atoms with Gasteiger partial charge in [0.15, 0.2) is 0 Å². The van der Waals surface area contributed by atoms with Gasteiger partial charge in [-0.1, -0.05) is 109 Å². The van der Waals surface area contributed by atoms with E-state index in [1.165, 1.54) is 116 Å². The topological polar surface area (TPSA) is 78.5 Å². The molecule has 1 unspecified atom stereocenters. The third-order valence-corrected chi connectivity index (χ3v) is 7.19. The zero-order chi connectivity index (χ0) is 25.5. The molecule has 0 aromatic heterocycles. The highest BCUT2D eigenvalue weighted by Gasteiger charge is 2.34. The first-order valence-corrected chi connectivity index (χ1v) is 14.8. The second-order valence-corrected chi connectivity index (χ2v) is 10.4. The number of amidine groups is 1. The molecule has 5 nitrogen and oxygen atoms in total. The predicted molar refractivity (Wildman–Crippen MR) is 148 cm³/mol. The lowest BCUT2D eigenvalue weighted by molar-refractivity contribution is -0.780. The molecule has 1 heterocycles. The molecule has 1 rings (SSSR count). The van der Waals surface area contributed by atoms with Gasteiger partial charge in [0, 0.05) is 13.0 Å². The number of quaternary nitrogens is 1. The van der Waals surface area contributed by atoms with Crippen LogP contribution < -0.4 is 10.8 Å². The second kappa shape index (κ2) is 21.8. The molecule has 0 aromatic carbocycles. The number of carbonyl (C=O) groups is 1. The van der Waals surface area contributed by atoms with Gasteiger partial charge in [-0.25, -0.2) is 9.48 Å². The van der Waals surface area contributed by atoms with E-state index in [9.17, 15) is 9.90 Å². The lowest BCUT2D eigenvalue weighted by Crippen LogP contribution is -2.55. The molecule has 0 radical (unpaired) electrons. The highest BCUT2D eigenvalue weighted by Crippen LogP contribution is 2.21. The van der Waals surface area contributed by atoms with Crippen molar-refractivity contribution in [1.29, 1.82) is 0 Å². The average molecular weight is 490 g/mol. The number of nitrogens with two attached hydrogens (primary N) is 1. The third kappa shape index (κ3) is 16.0. The highest BCUT2D eigenvalue weighted by atomic mass is 16.4. The Morgan fingerprint density at radius 1 is 0.829 bits per heavy atom. The van der Waals surface area contributed by atoms with Crippen molar-refractivity contribution in [3.63, 3.8) is 0 Å². The van der Waals surface area contributed by atoms with E-state index in [4.69, 9.17) is 5.73 Å². The monoisotopic (exact) mass is 489 g/mol. The minimum atomic E-state index is -1.05. The van der Waals surface area contributed by atoms with E-state index >= 15 is 0 Å². The summed E-state index contributed by atoms with van der Waals surface area (Å²) in [7, 11) is 0. The summed E-state index contributed by atoms with van der Waals surface area (Å²) < 4.78 is 0.242. The maximum Gasteiger partial charge on any atom is 0.207 e. The first kappa shape index (κ1) is 31.6. The number of unbranched alkanes of at least 4 members (excludes halogenated alkanes) is 17. The van der Waals surface area contributed by atoms with Gasteiger partial charge in [0.2, 0.25) is 5.84 Å². The molecule has 5 heteroatoms. The number of allylic oxidation sites excluding steroid dienone is 2. The summed E-state index contributed by atoms with van der Waals surface area (Å²) in [5.74, 6) is -0.129. The number of nitrogens with zero attached hydrogens (tertiary/aromatic N) is 2. The van der Waals surface area contributed by atoms with Crippen LogP contribution in [-0.2, 0) is 4.79 Å². The molecule has 1 atom stereocenters. The van der Waals surface area contributed by atoms with Gasteiger partial charge in [0.1, 0.15) is 19.3 Å². The number of aliphatic carboxylic acids is 1. The van der Waals surface area contributed by atoms with Crippen LogP contribution in [0.1, 0.15) is 135 Å². The molecule has 0 saturated carbocycles. The Morgan fingerprint density at radius 2 is 1.31 bits per heavy atom. The van der Waals surface area contributed by atoms with Crippen molar-refractivity contribution in [2.45, 2.75) is 135 Å². The molecule has 1 aliphatic rings. The Balaban J connectivity index is 1.89. The summed E-state index contributed by atoms with van der Waals surface area (Å²) >= 11 is 0. The van der Waals surface area contributed by atoms with Crippen molar-refractivity contribution in [2.24, 2.45) is 10.7 Å². The van der Waals surface area contributed by atoms with Crippen LogP contribution in [0.25, 0.3) is 0 Å². The summed E-state index contributed by atoms with van der Waals surface area (Å²) in [6.45, 7) is 3.22. The number of rotatable bonds is 25. The molecule has 0 saturated heterocycles. The normalized spacial score (nSPS) is 17.5. The minimum Gasteiger partial charge on any atom is -0.544 e. The fraction of sp³-hybridized carbons (Fsp3) is 0.800. The van der Waals surface area contributed by atoms with Gasteiger partial charge < -0.3 is 15.6 Å². The molecular weight excluding hydrogens is 434 g/mol. The zero-order valence-electron chi connectivity index (χ0n) is 22.9. The van der Waals surface area contributed by atoms with Gasteiger partial charge in [0.25, 0.3) is 0 Å². The molecule has 0 aromatic rings. The van der Waals surface area contributed by atoms with Crippen LogP contribution >= 0.6 is 0 Å². The van der Waals surface area contributed by atoms with E-state index in [0.717, 1.165) is 18.7 Å². The molecule has 0 spiro atoms. The number of carbonyl (C=O) groups excluding carboxylic acids is 1. The SMILES string of the molecule is CCCCCCCCCCCC/C=C/CCCCCCCCCC1=NC=C[N+]1(CCN)CC(=O)[O-]. The van der Waals surface area contributed by atoms with Crippen LogP contribution in [0, 0.1) is 0 Å². The number of hydrogen-bond donors (Lipinski definition) is 1. The van der Waals surface area contributed by atoms with Gasteiger partial charge in [0.05, 0.1) is 12.2 Å². The van der Waals surface area contributed by atoms with Gasteiger partial charge in [-0.2, -0.15) is 0 Å². The molecule has 35 heavy (non-hydrogen) atoms. The van der Waals surface area contributed by atoms with E-state index in [-0.39, 0.29) is 11.0 Å². The Morgan fingerprint density at radius 3 is 1.80 bits per heavy atom. The lowest BCUT2D eigenvalue weighted by atomic mass is 10.1. The van der Waals surface area contributed by atoms with Crippen molar-refractivity contribution in [3.05, 3.63) is 24.6 Å². The van der Waals surface area contributed by atoms with Crippen molar-refractivity contribution in [3.8, 4) is 0 Å². The quantitative estimate of drug-likeness (QED) is 0.0872. The van der Waals surface area contributed by atoms with Crippen molar-refractivity contribution >= 4 is 11.8 Å². The molecular formula is C30H55N3O2. The summed E-state index contributed by atoms with van der Waals surface area (Å²) in [6, 6.07) is 0. The number of carboxylic acid groups (broad SMARTS) is 1. The van der Waals surface area contributed by atoms with Gasteiger partial charge in [-0.05, 0) is 32.1 Å². The Bertz CT molecular complexity index is 615. The largest absolute Gasteiger partial charge is 0.544 e. The van der Waals surface area contributed by atoms with E-state index in [0.29, 0.717) is 13.1 Å². The summed E-state index contributed by atoms with van der Waals surface area (Å²) in [4.78, 5) is 15.6. The Labute approximate surface area is 216 Å². The Hall–Kier alpha value is -1.46. The fourth-order valence-electron chi connectivity index (χ4n) is 5.04. The smallest absolute Gasteiger partial charge is 0.207 e. The van der Waals surface area contributed by atoms with E-state index in [1.807, 2.05) is 6.20 Å². The van der Waals surface area contributed by atoms with E-state index in [2.05, 4.69) is 24.1 Å². The van der Waals surface area contributed by atoms with Gasteiger partial charge in [-0.15, -0.1) is 0 Å². The second-order valence-electron chi connectivity index (χ2n) is 10.4. The summed E-state index contributed by atoms with van der Waals surface area (Å²) in [5, 5.41) is 11.2. The third-order valence-electron chi connectivity index (χ3n) is 7.19. The molecule has 0 aliphatic carbocycles. The summed E-state index contributed by atoms with van der Waals surface area (Å²) in [6.07, 6.45) is 34.5. The van der Waals surface area contributed by atoms with Gasteiger partial charge in [-0.3, -0.25) is 0 Å². The zero-order valence-corrected chi connectivity index (χ0v) is 22.9. The van der Waals surface area contributed by atoms with Crippen molar-refractivity contribution in [2.75, 3.05) is 19.6 Å². The lowest BCUT2D eigenvalue weighted by Gasteiger charge is -2.32. The van der Waals surface area contributed by atoms with Crippen LogP contribution in [0.3, 0.4) is 0 Å². The molecule has 0 fully saturated rings.